The normalized spacial score (nSPS) is 9.89. The van der Waals surface area contributed by atoms with Crippen molar-refractivity contribution in [3.8, 4) is 6.07 Å². The minimum atomic E-state index is -0.257. The molecule has 0 amide bonds. The fraction of sp³-hybridized carbons (Fsp3) is 0.133. The van der Waals surface area contributed by atoms with Gasteiger partial charge in [0.15, 0.2) is 0 Å². The molecule has 0 spiro atoms. The quantitative estimate of drug-likeness (QED) is 0.859. The highest BCUT2D eigenvalue weighted by atomic mass is 19.1. The lowest BCUT2D eigenvalue weighted by Gasteiger charge is -2.13. The molecule has 0 fully saturated rings. The molecule has 0 aromatic heterocycles. The molecule has 3 heteroatoms. The van der Waals surface area contributed by atoms with Gasteiger partial charge in [0.05, 0.1) is 11.3 Å². The number of nitrogens with one attached hydrogen (secondary N) is 1. The molecule has 90 valence electrons. The first-order valence-electron chi connectivity index (χ1n) is 5.65. The van der Waals surface area contributed by atoms with Crippen LogP contribution in [0.15, 0.2) is 36.4 Å². The van der Waals surface area contributed by atoms with Crippen LogP contribution in [0.3, 0.4) is 0 Å². The minimum absolute atomic E-state index is 0.257. The third kappa shape index (κ3) is 2.18. The molecule has 0 aliphatic heterocycles. The molecule has 0 aliphatic carbocycles. The summed E-state index contributed by atoms with van der Waals surface area (Å²) in [6.07, 6.45) is 0. The van der Waals surface area contributed by atoms with Crippen LogP contribution >= 0.6 is 0 Å². The molecular formula is C15H13FN2. The van der Waals surface area contributed by atoms with E-state index in [-0.39, 0.29) is 5.82 Å². The first-order chi connectivity index (χ1) is 8.63. The smallest absolute Gasteiger partial charge is 0.128 e. The van der Waals surface area contributed by atoms with Crippen LogP contribution in [-0.2, 0) is 0 Å². The lowest BCUT2D eigenvalue weighted by atomic mass is 10.1. The molecule has 0 saturated heterocycles. The predicted molar refractivity (Wildman–Crippen MR) is 70.3 cm³/mol. The molecule has 0 radical (unpaired) electrons. The number of hydrogen-bond donors (Lipinski definition) is 1. The van der Waals surface area contributed by atoms with Crippen molar-refractivity contribution < 1.29 is 4.39 Å². The van der Waals surface area contributed by atoms with E-state index in [4.69, 9.17) is 5.26 Å². The summed E-state index contributed by atoms with van der Waals surface area (Å²) in [5.74, 6) is -0.257. The van der Waals surface area contributed by atoms with E-state index >= 15 is 0 Å². The van der Waals surface area contributed by atoms with Gasteiger partial charge >= 0.3 is 0 Å². The Morgan fingerprint density at radius 2 is 1.83 bits per heavy atom. The lowest BCUT2D eigenvalue weighted by Crippen LogP contribution is -1.99. The zero-order valence-electron chi connectivity index (χ0n) is 10.3. The largest absolute Gasteiger partial charge is 0.354 e. The van der Waals surface area contributed by atoms with Crippen LogP contribution in [0.1, 0.15) is 16.7 Å². The second-order valence-corrected chi connectivity index (χ2v) is 4.15. The highest BCUT2D eigenvalue weighted by Crippen LogP contribution is 2.27. The molecule has 0 aliphatic rings. The van der Waals surface area contributed by atoms with Crippen LogP contribution in [0.5, 0.6) is 0 Å². The summed E-state index contributed by atoms with van der Waals surface area (Å²) in [6.45, 7) is 3.62. The van der Waals surface area contributed by atoms with Crippen LogP contribution in [0.4, 0.5) is 15.8 Å². The third-order valence-corrected chi connectivity index (χ3v) is 2.92. The molecule has 2 nitrogen and oxygen atoms in total. The Morgan fingerprint density at radius 1 is 1.11 bits per heavy atom. The number of hydrogen-bond acceptors (Lipinski definition) is 2. The topological polar surface area (TPSA) is 35.8 Å². The number of nitriles is 1. The number of anilines is 2. The van der Waals surface area contributed by atoms with Gasteiger partial charge in [-0.2, -0.15) is 5.26 Å². The van der Waals surface area contributed by atoms with Gasteiger partial charge in [-0.3, -0.25) is 0 Å². The Balaban J connectivity index is 2.47. The number of nitrogens with zero attached hydrogens (tertiary/aromatic N) is 1. The van der Waals surface area contributed by atoms with Gasteiger partial charge in [-0.05, 0) is 37.6 Å². The molecule has 2 aromatic carbocycles. The van der Waals surface area contributed by atoms with Crippen molar-refractivity contribution >= 4 is 11.4 Å². The summed E-state index contributed by atoms with van der Waals surface area (Å²) in [7, 11) is 0. The molecule has 0 bridgehead atoms. The summed E-state index contributed by atoms with van der Waals surface area (Å²) < 4.78 is 13.5. The summed E-state index contributed by atoms with van der Waals surface area (Å²) in [5.41, 5.74) is 3.47. The average Bonchev–Trinajstić information content (AvgIpc) is 2.37. The van der Waals surface area contributed by atoms with E-state index < -0.39 is 0 Å². The summed E-state index contributed by atoms with van der Waals surface area (Å²) in [5, 5.41) is 12.2. The highest BCUT2D eigenvalue weighted by molar-refractivity contribution is 5.71. The van der Waals surface area contributed by atoms with Crippen molar-refractivity contribution in [2.24, 2.45) is 0 Å². The zero-order valence-corrected chi connectivity index (χ0v) is 10.3. The molecular weight excluding hydrogens is 227 g/mol. The maximum absolute atomic E-state index is 13.5. The molecule has 0 unspecified atom stereocenters. The van der Waals surface area contributed by atoms with E-state index in [1.54, 1.807) is 25.1 Å². The predicted octanol–water partition coefficient (Wildman–Crippen LogP) is 4.06. The first-order valence-corrected chi connectivity index (χ1v) is 5.65. The van der Waals surface area contributed by atoms with Crippen molar-refractivity contribution in [2.75, 3.05) is 5.32 Å². The summed E-state index contributed by atoms with van der Waals surface area (Å²) in [6, 6.07) is 12.5. The van der Waals surface area contributed by atoms with Gasteiger partial charge in [0.1, 0.15) is 11.9 Å². The van der Waals surface area contributed by atoms with Gasteiger partial charge in [0.2, 0.25) is 0 Å². The Bertz CT molecular complexity index is 627. The van der Waals surface area contributed by atoms with E-state index in [0.717, 1.165) is 11.3 Å². The van der Waals surface area contributed by atoms with Crippen molar-refractivity contribution in [1.29, 1.82) is 5.26 Å². The molecule has 1 N–H and O–H groups in total. The number of benzene rings is 2. The van der Waals surface area contributed by atoms with Gasteiger partial charge in [0.25, 0.3) is 0 Å². The molecule has 2 aromatic rings. The summed E-state index contributed by atoms with van der Waals surface area (Å²) in [4.78, 5) is 0. The number of rotatable bonds is 2. The highest BCUT2D eigenvalue weighted by Gasteiger charge is 2.08. The van der Waals surface area contributed by atoms with Gasteiger partial charge < -0.3 is 5.32 Å². The molecule has 0 heterocycles. The standard InChI is InChI=1S/C15H13FN2/c1-10-5-3-6-12(9-17)15(10)18-14-8-4-7-13(16)11(14)2/h3-8,18H,1-2H3. The van der Waals surface area contributed by atoms with Gasteiger partial charge in [-0.25, -0.2) is 4.39 Å². The Labute approximate surface area is 106 Å². The van der Waals surface area contributed by atoms with Crippen LogP contribution in [0.2, 0.25) is 0 Å². The molecule has 0 saturated carbocycles. The number of para-hydroxylation sites is 1. The summed E-state index contributed by atoms with van der Waals surface area (Å²) >= 11 is 0. The number of halogens is 1. The van der Waals surface area contributed by atoms with E-state index in [9.17, 15) is 4.39 Å². The van der Waals surface area contributed by atoms with Crippen LogP contribution in [0, 0.1) is 31.0 Å². The van der Waals surface area contributed by atoms with E-state index in [2.05, 4.69) is 11.4 Å². The minimum Gasteiger partial charge on any atom is -0.354 e. The maximum atomic E-state index is 13.5. The zero-order chi connectivity index (χ0) is 13.1. The van der Waals surface area contributed by atoms with Crippen molar-refractivity contribution in [3.05, 3.63) is 58.9 Å². The maximum Gasteiger partial charge on any atom is 0.128 e. The van der Waals surface area contributed by atoms with Crippen LogP contribution in [0.25, 0.3) is 0 Å². The van der Waals surface area contributed by atoms with Crippen LogP contribution < -0.4 is 5.32 Å². The first kappa shape index (κ1) is 12.1. The Kier molecular flexibility index (Phi) is 3.29. The van der Waals surface area contributed by atoms with Gasteiger partial charge in [-0.15, -0.1) is 0 Å². The second-order valence-electron chi connectivity index (χ2n) is 4.15. The van der Waals surface area contributed by atoms with Gasteiger partial charge in [0, 0.05) is 11.3 Å². The number of aryl methyl sites for hydroxylation is 1. The van der Waals surface area contributed by atoms with E-state index in [1.807, 2.05) is 19.1 Å². The van der Waals surface area contributed by atoms with Crippen molar-refractivity contribution in [2.45, 2.75) is 13.8 Å². The fourth-order valence-corrected chi connectivity index (χ4v) is 1.80. The van der Waals surface area contributed by atoms with Crippen LogP contribution in [-0.4, -0.2) is 0 Å². The average molecular weight is 240 g/mol. The van der Waals surface area contributed by atoms with Crippen molar-refractivity contribution in [3.63, 3.8) is 0 Å². The SMILES string of the molecule is Cc1cccc(C#N)c1Nc1cccc(F)c1C. The van der Waals surface area contributed by atoms with E-state index in [0.29, 0.717) is 16.8 Å². The fourth-order valence-electron chi connectivity index (χ4n) is 1.80. The Hall–Kier alpha value is -2.34. The molecule has 2 rings (SSSR count). The lowest BCUT2D eigenvalue weighted by molar-refractivity contribution is 0.619. The van der Waals surface area contributed by atoms with Crippen molar-refractivity contribution in [1.82, 2.24) is 0 Å². The Morgan fingerprint density at radius 3 is 2.56 bits per heavy atom. The second kappa shape index (κ2) is 4.89. The van der Waals surface area contributed by atoms with Gasteiger partial charge in [-0.1, -0.05) is 18.2 Å². The third-order valence-electron chi connectivity index (χ3n) is 2.92. The van der Waals surface area contributed by atoms with E-state index in [1.165, 1.54) is 6.07 Å². The molecule has 18 heavy (non-hydrogen) atoms. The monoisotopic (exact) mass is 240 g/mol. The molecule has 0 atom stereocenters.